The van der Waals surface area contributed by atoms with Gasteiger partial charge in [0.25, 0.3) is 0 Å². The van der Waals surface area contributed by atoms with Crippen LogP contribution in [0.3, 0.4) is 0 Å². The van der Waals surface area contributed by atoms with E-state index in [1.807, 2.05) is 19.3 Å². The van der Waals surface area contributed by atoms with E-state index in [0.717, 1.165) is 19.6 Å². The van der Waals surface area contributed by atoms with E-state index in [1.165, 1.54) is 0 Å². The molecule has 0 N–H and O–H groups in total. The monoisotopic (exact) mass is 408 g/mol. The third-order valence-corrected chi connectivity index (χ3v) is 6.39. The van der Waals surface area contributed by atoms with E-state index in [0.29, 0.717) is 6.61 Å². The van der Waals surface area contributed by atoms with Crippen LogP contribution >= 0.6 is 34.2 Å². The minimum Gasteiger partial charge on any atom is -0.362 e. The summed E-state index contributed by atoms with van der Waals surface area (Å²) in [5.41, 5.74) is 2.02. The molecule has 1 aromatic carbocycles. The second-order valence-electron chi connectivity index (χ2n) is 5.58. The molecule has 0 saturated heterocycles. The summed E-state index contributed by atoms with van der Waals surface area (Å²) in [5.74, 6) is 0.0967. The van der Waals surface area contributed by atoms with Gasteiger partial charge < -0.3 is 9.30 Å². The highest BCUT2D eigenvalue weighted by atomic mass is 127. The molecule has 19 heavy (non-hydrogen) atoms. The lowest BCUT2D eigenvalue weighted by Gasteiger charge is -2.30. The van der Waals surface area contributed by atoms with Crippen LogP contribution in [0, 0.1) is 3.57 Å². The van der Waals surface area contributed by atoms with Crippen molar-refractivity contribution in [3.05, 3.63) is 27.1 Å². The molecule has 0 amide bonds. The zero-order chi connectivity index (χ0) is 14.2. The first-order valence-electron chi connectivity index (χ1n) is 6.27. The van der Waals surface area contributed by atoms with Gasteiger partial charge >= 0.3 is 0 Å². The number of halogens is 2. The Bertz CT molecular complexity index is 594. The van der Waals surface area contributed by atoms with E-state index in [-0.39, 0.29) is 5.85 Å². The van der Waals surface area contributed by atoms with Crippen molar-refractivity contribution < 1.29 is 4.74 Å². The number of ether oxygens (including phenoxy) is 1. The van der Waals surface area contributed by atoms with Crippen LogP contribution in [-0.2, 0) is 4.74 Å². The van der Waals surface area contributed by atoms with Gasteiger partial charge in [0, 0.05) is 10.2 Å². The summed E-state index contributed by atoms with van der Waals surface area (Å²) >= 11 is 8.40. The van der Waals surface area contributed by atoms with Gasteiger partial charge in [-0.3, -0.25) is 0 Å². The normalized spacial score (nSPS) is 14.0. The zero-order valence-electron chi connectivity index (χ0n) is 11.6. The van der Waals surface area contributed by atoms with Crippen molar-refractivity contribution in [2.75, 3.05) is 6.61 Å². The average molecular weight is 409 g/mol. The van der Waals surface area contributed by atoms with Gasteiger partial charge in [0.05, 0.1) is 22.4 Å². The van der Waals surface area contributed by atoms with Crippen LogP contribution in [0.15, 0.2) is 18.5 Å². The fraction of sp³-hybridized carbons (Fsp3) is 0.462. The number of rotatable bonds is 4. The molecule has 0 radical (unpaired) electrons. The second-order valence-corrected chi connectivity index (χ2v) is 12.4. The van der Waals surface area contributed by atoms with Crippen LogP contribution in [0.25, 0.3) is 11.0 Å². The number of nitrogens with zero attached hydrogens (tertiary/aromatic N) is 2. The number of benzene rings is 1. The number of hydrogen-bond acceptors (Lipinski definition) is 2. The minimum atomic E-state index is -1.50. The Morgan fingerprint density at radius 1 is 1.42 bits per heavy atom. The van der Waals surface area contributed by atoms with Crippen LogP contribution in [0.1, 0.15) is 12.8 Å². The molecule has 0 saturated carbocycles. The van der Waals surface area contributed by atoms with Crippen LogP contribution in [-0.4, -0.2) is 24.2 Å². The highest BCUT2D eigenvalue weighted by Crippen LogP contribution is 2.30. The maximum Gasteiger partial charge on any atom is 0.120 e. The van der Waals surface area contributed by atoms with Crippen LogP contribution in [0.2, 0.25) is 24.7 Å². The van der Waals surface area contributed by atoms with Gasteiger partial charge in [0.15, 0.2) is 0 Å². The molecule has 0 spiro atoms. The van der Waals surface area contributed by atoms with Crippen molar-refractivity contribution in [1.82, 2.24) is 9.55 Å². The van der Waals surface area contributed by atoms with Crippen molar-refractivity contribution >= 4 is 53.3 Å². The van der Waals surface area contributed by atoms with Gasteiger partial charge in [-0.1, -0.05) is 31.2 Å². The smallest absolute Gasteiger partial charge is 0.120 e. The Labute approximate surface area is 133 Å². The summed E-state index contributed by atoms with van der Waals surface area (Å²) in [5, 5.41) is 0.749. The molecule has 2 rings (SSSR count). The minimum absolute atomic E-state index is 0.0967. The largest absolute Gasteiger partial charge is 0.362 e. The summed E-state index contributed by atoms with van der Waals surface area (Å²) < 4.78 is 9.18. The van der Waals surface area contributed by atoms with E-state index in [1.54, 1.807) is 0 Å². The van der Waals surface area contributed by atoms with Gasteiger partial charge in [0.1, 0.15) is 13.9 Å². The van der Waals surface area contributed by atoms with Crippen molar-refractivity contribution in [3.63, 3.8) is 0 Å². The first-order chi connectivity index (χ1) is 8.84. The third-order valence-electron chi connectivity index (χ3n) is 2.93. The summed E-state index contributed by atoms with van der Waals surface area (Å²) in [6.45, 7) is 9.66. The average Bonchev–Trinajstić information content (AvgIpc) is 2.68. The Kier molecular flexibility index (Phi) is 4.59. The van der Waals surface area contributed by atoms with Gasteiger partial charge in [-0.15, -0.1) is 0 Å². The number of fused-ring (bicyclic) bond motifs is 1. The molecule has 0 aliphatic rings. The topological polar surface area (TPSA) is 27.1 Å². The van der Waals surface area contributed by atoms with Crippen molar-refractivity contribution in [1.29, 1.82) is 0 Å². The molecule has 1 unspecified atom stereocenters. The third kappa shape index (κ3) is 3.15. The van der Waals surface area contributed by atoms with E-state index in [9.17, 15) is 0 Å². The van der Waals surface area contributed by atoms with Crippen molar-refractivity contribution in [3.8, 4) is 0 Å². The van der Waals surface area contributed by atoms with Crippen molar-refractivity contribution in [2.45, 2.75) is 32.4 Å². The van der Waals surface area contributed by atoms with Crippen LogP contribution in [0.4, 0.5) is 0 Å². The molecule has 6 heteroatoms. The summed E-state index contributed by atoms with van der Waals surface area (Å²) in [6, 6.07) is 4.00. The molecule has 0 aliphatic carbocycles. The molecule has 0 bridgehead atoms. The standard InChI is InChI=1S/C13H18ClIN2OSi/c1-5-18-13(19(2,3)4)17-8-16-11-6-9(14)10(15)7-12(11)17/h6-8,13H,5H2,1-4H3. The Balaban J connectivity index is 2.57. The molecule has 104 valence electrons. The number of aromatic nitrogens is 2. The maximum atomic E-state index is 6.15. The first kappa shape index (κ1) is 15.3. The SMILES string of the molecule is CCOC(n1cnc2cc(Cl)c(I)cc21)[Si](C)(C)C. The number of hydrogen-bond donors (Lipinski definition) is 0. The lowest BCUT2D eigenvalue weighted by Crippen LogP contribution is -2.37. The summed E-state index contributed by atoms with van der Waals surface area (Å²) in [7, 11) is -1.50. The molecule has 0 fully saturated rings. The van der Waals surface area contributed by atoms with Crippen LogP contribution < -0.4 is 0 Å². The maximum absolute atomic E-state index is 6.15. The molecule has 1 heterocycles. The van der Waals surface area contributed by atoms with Gasteiger partial charge in [0.2, 0.25) is 0 Å². The lowest BCUT2D eigenvalue weighted by atomic mass is 10.3. The second kappa shape index (κ2) is 5.71. The molecule has 1 aromatic heterocycles. The van der Waals surface area contributed by atoms with E-state index >= 15 is 0 Å². The molecular weight excluding hydrogens is 391 g/mol. The Morgan fingerprint density at radius 3 is 2.68 bits per heavy atom. The lowest BCUT2D eigenvalue weighted by molar-refractivity contribution is 0.0664. The van der Waals surface area contributed by atoms with Crippen molar-refractivity contribution in [2.24, 2.45) is 0 Å². The van der Waals surface area contributed by atoms with E-state index in [2.05, 4.69) is 57.8 Å². The number of imidazole rings is 1. The highest BCUT2D eigenvalue weighted by molar-refractivity contribution is 14.1. The first-order valence-corrected chi connectivity index (χ1v) is 11.3. The molecule has 1 atom stereocenters. The fourth-order valence-corrected chi connectivity index (χ4v) is 4.43. The van der Waals surface area contributed by atoms with Gasteiger partial charge in [-0.05, 0) is 41.6 Å². The fourth-order valence-electron chi connectivity index (χ4n) is 2.11. The van der Waals surface area contributed by atoms with E-state index in [4.69, 9.17) is 16.3 Å². The summed E-state index contributed by atoms with van der Waals surface area (Å²) in [4.78, 5) is 4.45. The highest BCUT2D eigenvalue weighted by Gasteiger charge is 2.30. The van der Waals surface area contributed by atoms with Gasteiger partial charge in [-0.2, -0.15) is 0 Å². The predicted octanol–water partition coefficient (Wildman–Crippen LogP) is 4.71. The van der Waals surface area contributed by atoms with Crippen LogP contribution in [0.5, 0.6) is 0 Å². The van der Waals surface area contributed by atoms with Gasteiger partial charge in [-0.25, -0.2) is 4.98 Å². The Hall–Kier alpha value is -0.113. The summed E-state index contributed by atoms with van der Waals surface area (Å²) in [6.07, 6.45) is 1.87. The predicted molar refractivity (Wildman–Crippen MR) is 91.5 cm³/mol. The molecule has 3 nitrogen and oxygen atoms in total. The molecule has 0 aliphatic heterocycles. The zero-order valence-corrected chi connectivity index (χ0v) is 15.5. The molecule has 2 aromatic rings. The van der Waals surface area contributed by atoms with E-state index < -0.39 is 8.07 Å². The molecular formula is C13H18ClIN2OSi. The quantitative estimate of drug-likeness (QED) is 0.541. The Morgan fingerprint density at radius 2 is 2.11 bits per heavy atom.